The zero-order valence-electron chi connectivity index (χ0n) is 12.6. The monoisotopic (exact) mass is 257 g/mol. The van der Waals surface area contributed by atoms with Crippen LogP contribution in [0.4, 0.5) is 0 Å². The highest BCUT2D eigenvalue weighted by Gasteiger charge is 2.41. The highest BCUT2D eigenvalue weighted by molar-refractivity contribution is 5.30. The normalized spacial score (nSPS) is 30.8. The molecule has 0 heterocycles. The van der Waals surface area contributed by atoms with Crippen LogP contribution in [0, 0.1) is 31.6 Å². The molecule has 1 aromatic rings. The molecular weight excluding hydrogens is 230 g/mol. The molecule has 2 fully saturated rings. The van der Waals surface area contributed by atoms with Crippen molar-refractivity contribution < 1.29 is 0 Å². The van der Waals surface area contributed by atoms with Crippen molar-refractivity contribution in [3.05, 3.63) is 34.9 Å². The van der Waals surface area contributed by atoms with E-state index in [-0.39, 0.29) is 0 Å². The highest BCUT2D eigenvalue weighted by atomic mass is 14.9. The summed E-state index contributed by atoms with van der Waals surface area (Å²) in [6.07, 6.45) is 5.99. The molecule has 2 saturated carbocycles. The Kier molecular flexibility index (Phi) is 3.66. The standard InChI is InChI=1S/C18H27N/c1-12-4-6-17(13(2)8-12)11-19-14(3)18-10-15-5-7-16(18)9-15/h4,6,8,14-16,18-19H,5,7,9-11H2,1-3H3. The van der Waals surface area contributed by atoms with Gasteiger partial charge in [-0.2, -0.15) is 0 Å². The van der Waals surface area contributed by atoms with Crippen molar-refractivity contribution >= 4 is 0 Å². The second-order valence-corrected chi connectivity index (χ2v) is 6.94. The van der Waals surface area contributed by atoms with Gasteiger partial charge in [0, 0.05) is 12.6 Å². The van der Waals surface area contributed by atoms with Crippen LogP contribution in [0.25, 0.3) is 0 Å². The van der Waals surface area contributed by atoms with Crippen molar-refractivity contribution in [2.75, 3.05) is 0 Å². The van der Waals surface area contributed by atoms with E-state index >= 15 is 0 Å². The van der Waals surface area contributed by atoms with E-state index in [1.807, 2.05) is 0 Å². The lowest BCUT2D eigenvalue weighted by Crippen LogP contribution is -2.36. The second-order valence-electron chi connectivity index (χ2n) is 6.94. The summed E-state index contributed by atoms with van der Waals surface area (Å²) in [4.78, 5) is 0. The minimum Gasteiger partial charge on any atom is -0.310 e. The molecule has 0 spiro atoms. The molecular formula is C18H27N. The Morgan fingerprint density at radius 2 is 2.05 bits per heavy atom. The summed E-state index contributed by atoms with van der Waals surface area (Å²) in [5, 5.41) is 3.79. The topological polar surface area (TPSA) is 12.0 Å². The van der Waals surface area contributed by atoms with Crippen LogP contribution >= 0.6 is 0 Å². The molecule has 0 aromatic heterocycles. The third kappa shape index (κ3) is 2.72. The van der Waals surface area contributed by atoms with Gasteiger partial charge in [-0.3, -0.25) is 0 Å². The molecule has 19 heavy (non-hydrogen) atoms. The van der Waals surface area contributed by atoms with E-state index in [0.717, 1.165) is 24.3 Å². The van der Waals surface area contributed by atoms with Crippen LogP contribution in [0.5, 0.6) is 0 Å². The SMILES string of the molecule is Cc1ccc(CNC(C)C2CC3CCC2C3)c(C)c1. The second kappa shape index (κ2) is 5.28. The van der Waals surface area contributed by atoms with Gasteiger partial charge in [-0.15, -0.1) is 0 Å². The van der Waals surface area contributed by atoms with E-state index in [1.165, 1.54) is 42.4 Å². The number of benzene rings is 1. The Morgan fingerprint density at radius 3 is 2.68 bits per heavy atom. The zero-order chi connectivity index (χ0) is 13.4. The molecule has 0 aliphatic heterocycles. The third-order valence-corrected chi connectivity index (χ3v) is 5.55. The zero-order valence-corrected chi connectivity index (χ0v) is 12.6. The summed E-state index contributed by atoms with van der Waals surface area (Å²) in [5.41, 5.74) is 4.25. The molecule has 2 aliphatic rings. The first-order valence-corrected chi connectivity index (χ1v) is 7.93. The number of nitrogens with one attached hydrogen (secondary N) is 1. The van der Waals surface area contributed by atoms with Gasteiger partial charge in [0.2, 0.25) is 0 Å². The largest absolute Gasteiger partial charge is 0.310 e. The maximum absolute atomic E-state index is 3.79. The van der Waals surface area contributed by atoms with Crippen molar-refractivity contribution in [3.8, 4) is 0 Å². The number of fused-ring (bicyclic) bond motifs is 2. The molecule has 104 valence electrons. The summed E-state index contributed by atoms with van der Waals surface area (Å²) in [7, 11) is 0. The first-order chi connectivity index (χ1) is 9.13. The minimum absolute atomic E-state index is 0.677. The molecule has 1 nitrogen and oxygen atoms in total. The van der Waals surface area contributed by atoms with E-state index in [1.54, 1.807) is 0 Å². The fourth-order valence-corrected chi connectivity index (χ4v) is 4.37. The van der Waals surface area contributed by atoms with Gasteiger partial charge in [0.25, 0.3) is 0 Å². The van der Waals surface area contributed by atoms with Gasteiger partial charge >= 0.3 is 0 Å². The third-order valence-electron chi connectivity index (χ3n) is 5.55. The van der Waals surface area contributed by atoms with Crippen molar-refractivity contribution in [2.24, 2.45) is 17.8 Å². The molecule has 1 N–H and O–H groups in total. The summed E-state index contributed by atoms with van der Waals surface area (Å²) in [5.74, 6) is 3.01. The minimum atomic E-state index is 0.677. The molecule has 4 atom stereocenters. The van der Waals surface area contributed by atoms with E-state index in [4.69, 9.17) is 0 Å². The van der Waals surface area contributed by atoms with E-state index in [9.17, 15) is 0 Å². The summed E-state index contributed by atoms with van der Waals surface area (Å²) in [6.45, 7) is 7.82. The molecule has 0 amide bonds. The van der Waals surface area contributed by atoms with Gasteiger partial charge in [0.05, 0.1) is 0 Å². The predicted octanol–water partition coefficient (Wildman–Crippen LogP) is 4.22. The van der Waals surface area contributed by atoms with Crippen LogP contribution in [0.1, 0.15) is 49.3 Å². The molecule has 2 bridgehead atoms. The number of rotatable bonds is 4. The average Bonchev–Trinajstić information content (AvgIpc) is 2.99. The van der Waals surface area contributed by atoms with E-state index in [0.29, 0.717) is 6.04 Å². The molecule has 0 saturated heterocycles. The highest BCUT2D eigenvalue weighted by Crippen LogP contribution is 2.49. The molecule has 4 unspecified atom stereocenters. The first-order valence-electron chi connectivity index (χ1n) is 7.93. The molecule has 2 aliphatic carbocycles. The van der Waals surface area contributed by atoms with Gasteiger partial charge in [0.15, 0.2) is 0 Å². The quantitative estimate of drug-likeness (QED) is 0.851. The smallest absolute Gasteiger partial charge is 0.0210 e. The van der Waals surface area contributed by atoms with Crippen molar-refractivity contribution in [1.82, 2.24) is 5.32 Å². The lowest BCUT2D eigenvalue weighted by atomic mass is 9.84. The Labute approximate surface area is 117 Å². The Morgan fingerprint density at radius 1 is 1.21 bits per heavy atom. The van der Waals surface area contributed by atoms with Gasteiger partial charge in [-0.1, -0.05) is 30.2 Å². The van der Waals surface area contributed by atoms with Crippen LogP contribution in [-0.2, 0) is 6.54 Å². The Bertz CT molecular complexity index is 451. The van der Waals surface area contributed by atoms with E-state index in [2.05, 4.69) is 44.3 Å². The maximum atomic E-state index is 3.79. The summed E-state index contributed by atoms with van der Waals surface area (Å²) < 4.78 is 0. The lowest BCUT2D eigenvalue weighted by molar-refractivity contribution is 0.259. The van der Waals surface area contributed by atoms with Crippen LogP contribution in [-0.4, -0.2) is 6.04 Å². The molecule has 1 heteroatoms. The lowest BCUT2D eigenvalue weighted by Gasteiger charge is -2.29. The van der Waals surface area contributed by atoms with Gasteiger partial charge in [-0.25, -0.2) is 0 Å². The fourth-order valence-electron chi connectivity index (χ4n) is 4.37. The van der Waals surface area contributed by atoms with Crippen molar-refractivity contribution in [1.29, 1.82) is 0 Å². The van der Waals surface area contributed by atoms with Crippen LogP contribution in [0.3, 0.4) is 0 Å². The molecule has 1 aromatic carbocycles. The van der Waals surface area contributed by atoms with Gasteiger partial charge in [-0.05, 0) is 68.9 Å². The Hall–Kier alpha value is -0.820. The molecule has 0 radical (unpaired) electrons. The van der Waals surface area contributed by atoms with Crippen LogP contribution in [0.2, 0.25) is 0 Å². The number of hydrogen-bond acceptors (Lipinski definition) is 1. The van der Waals surface area contributed by atoms with Gasteiger partial charge in [0.1, 0.15) is 0 Å². The average molecular weight is 257 g/mol. The van der Waals surface area contributed by atoms with E-state index < -0.39 is 0 Å². The maximum Gasteiger partial charge on any atom is 0.0210 e. The summed E-state index contributed by atoms with van der Waals surface area (Å²) >= 11 is 0. The Balaban J connectivity index is 1.57. The number of hydrogen-bond donors (Lipinski definition) is 1. The van der Waals surface area contributed by atoms with Crippen molar-refractivity contribution in [2.45, 2.75) is 59.0 Å². The van der Waals surface area contributed by atoms with Crippen LogP contribution < -0.4 is 5.32 Å². The first kappa shape index (κ1) is 13.2. The molecule has 3 rings (SSSR count). The predicted molar refractivity (Wildman–Crippen MR) is 81.2 cm³/mol. The summed E-state index contributed by atoms with van der Waals surface area (Å²) in [6, 6.07) is 7.48. The van der Waals surface area contributed by atoms with Crippen molar-refractivity contribution in [3.63, 3.8) is 0 Å². The fraction of sp³-hybridized carbons (Fsp3) is 0.667. The van der Waals surface area contributed by atoms with Crippen LogP contribution in [0.15, 0.2) is 18.2 Å². The van der Waals surface area contributed by atoms with Gasteiger partial charge < -0.3 is 5.32 Å². The number of aryl methyl sites for hydroxylation is 2.